The van der Waals surface area contributed by atoms with Gasteiger partial charge in [-0.05, 0) is 31.5 Å². The van der Waals surface area contributed by atoms with Gasteiger partial charge in [-0.15, -0.1) is 0 Å². The maximum absolute atomic E-state index is 4.26. The van der Waals surface area contributed by atoms with E-state index >= 15 is 0 Å². The first kappa shape index (κ1) is 8.38. The molecule has 0 radical (unpaired) electrons. The minimum absolute atomic E-state index is 0.957. The summed E-state index contributed by atoms with van der Waals surface area (Å²) in [5, 5.41) is 3.28. The molecule has 1 aliphatic heterocycles. The topological polar surface area (TPSA) is 37.8 Å². The van der Waals surface area contributed by atoms with E-state index in [0.29, 0.717) is 0 Å². The molecule has 1 aliphatic rings. The van der Waals surface area contributed by atoms with Crippen molar-refractivity contribution in [1.82, 2.24) is 15.3 Å². The third-order valence-corrected chi connectivity index (χ3v) is 2.20. The first-order valence-electron chi connectivity index (χ1n) is 4.55. The minimum atomic E-state index is 0.957. The molecule has 3 nitrogen and oxygen atoms in total. The summed E-state index contributed by atoms with van der Waals surface area (Å²) in [5.41, 5.74) is 3.45. The summed E-state index contributed by atoms with van der Waals surface area (Å²) >= 11 is 0. The lowest BCUT2D eigenvalue weighted by Crippen LogP contribution is -2.20. The van der Waals surface area contributed by atoms with E-state index in [4.69, 9.17) is 0 Å². The molecular formula is C10H13N3. The number of nitrogens with zero attached hydrogens (tertiary/aromatic N) is 2. The fraction of sp³-hybridized carbons (Fsp3) is 0.400. The zero-order valence-electron chi connectivity index (χ0n) is 7.75. The monoisotopic (exact) mass is 175 g/mol. The Hall–Kier alpha value is -1.22. The van der Waals surface area contributed by atoms with Crippen LogP contribution >= 0.6 is 0 Å². The summed E-state index contributed by atoms with van der Waals surface area (Å²) in [7, 11) is 0. The molecule has 2 heterocycles. The molecule has 68 valence electrons. The van der Waals surface area contributed by atoms with Crippen LogP contribution in [0, 0.1) is 6.92 Å². The van der Waals surface area contributed by atoms with Gasteiger partial charge >= 0.3 is 0 Å². The normalized spacial score (nSPS) is 16.8. The highest BCUT2D eigenvalue weighted by Gasteiger charge is 2.06. The van der Waals surface area contributed by atoms with Gasteiger partial charge in [0.15, 0.2) is 0 Å². The molecule has 2 rings (SSSR count). The average molecular weight is 175 g/mol. The summed E-state index contributed by atoms with van der Waals surface area (Å²) in [4.78, 5) is 8.34. The molecule has 0 fully saturated rings. The van der Waals surface area contributed by atoms with Crippen LogP contribution in [0.4, 0.5) is 0 Å². The van der Waals surface area contributed by atoms with Gasteiger partial charge in [0.1, 0.15) is 6.33 Å². The molecule has 0 saturated carbocycles. The van der Waals surface area contributed by atoms with Crippen molar-refractivity contribution in [3.8, 4) is 0 Å². The summed E-state index contributed by atoms with van der Waals surface area (Å²) in [6.45, 7) is 4.00. The SMILES string of the molecule is Cc1cc(C2=CCNCC2)ncn1. The molecule has 0 spiro atoms. The minimum Gasteiger partial charge on any atom is -0.313 e. The molecule has 1 aromatic heterocycles. The zero-order chi connectivity index (χ0) is 9.10. The second-order valence-corrected chi connectivity index (χ2v) is 3.23. The average Bonchev–Trinajstić information content (AvgIpc) is 2.19. The number of aryl methyl sites for hydroxylation is 1. The number of hydrogen-bond donors (Lipinski definition) is 1. The number of aromatic nitrogens is 2. The molecule has 0 unspecified atom stereocenters. The third-order valence-electron chi connectivity index (χ3n) is 2.20. The largest absolute Gasteiger partial charge is 0.313 e. The lowest BCUT2D eigenvalue weighted by molar-refractivity contribution is 0.736. The molecule has 0 amide bonds. The lowest BCUT2D eigenvalue weighted by atomic mass is 10.1. The van der Waals surface area contributed by atoms with E-state index < -0.39 is 0 Å². The Morgan fingerprint density at radius 1 is 1.38 bits per heavy atom. The predicted molar refractivity (Wildman–Crippen MR) is 52.2 cm³/mol. The Kier molecular flexibility index (Phi) is 2.36. The second kappa shape index (κ2) is 3.66. The van der Waals surface area contributed by atoms with Gasteiger partial charge in [-0.3, -0.25) is 0 Å². The second-order valence-electron chi connectivity index (χ2n) is 3.23. The molecule has 0 aliphatic carbocycles. The molecule has 0 aromatic carbocycles. The van der Waals surface area contributed by atoms with Crippen molar-refractivity contribution >= 4 is 5.57 Å². The van der Waals surface area contributed by atoms with Crippen molar-refractivity contribution in [3.05, 3.63) is 29.9 Å². The summed E-state index contributed by atoms with van der Waals surface area (Å²) in [5.74, 6) is 0. The molecule has 13 heavy (non-hydrogen) atoms. The van der Waals surface area contributed by atoms with Crippen LogP contribution in [0.15, 0.2) is 18.5 Å². The van der Waals surface area contributed by atoms with E-state index in [-0.39, 0.29) is 0 Å². The highest BCUT2D eigenvalue weighted by atomic mass is 14.9. The van der Waals surface area contributed by atoms with Gasteiger partial charge in [0, 0.05) is 12.2 Å². The zero-order valence-corrected chi connectivity index (χ0v) is 7.75. The Morgan fingerprint density at radius 2 is 2.31 bits per heavy atom. The standard InChI is InChI=1S/C10H13N3/c1-8-6-10(13-7-12-8)9-2-4-11-5-3-9/h2,6-7,11H,3-5H2,1H3. The molecule has 0 atom stereocenters. The Balaban J connectivity index is 2.29. The van der Waals surface area contributed by atoms with Gasteiger partial charge < -0.3 is 5.32 Å². The van der Waals surface area contributed by atoms with Crippen molar-refractivity contribution in [3.63, 3.8) is 0 Å². The van der Waals surface area contributed by atoms with Crippen LogP contribution in [0.25, 0.3) is 5.57 Å². The van der Waals surface area contributed by atoms with Crippen molar-refractivity contribution in [2.45, 2.75) is 13.3 Å². The molecule has 0 bridgehead atoms. The van der Waals surface area contributed by atoms with Crippen LogP contribution in [0.2, 0.25) is 0 Å². The lowest BCUT2D eigenvalue weighted by Gasteiger charge is -2.13. The summed E-state index contributed by atoms with van der Waals surface area (Å²) < 4.78 is 0. The van der Waals surface area contributed by atoms with E-state index in [2.05, 4.69) is 21.4 Å². The van der Waals surface area contributed by atoms with Crippen molar-refractivity contribution in [2.75, 3.05) is 13.1 Å². The molecule has 1 aromatic rings. The smallest absolute Gasteiger partial charge is 0.116 e. The van der Waals surface area contributed by atoms with E-state index in [1.807, 2.05) is 13.0 Å². The van der Waals surface area contributed by atoms with Gasteiger partial charge in [-0.25, -0.2) is 9.97 Å². The van der Waals surface area contributed by atoms with Gasteiger partial charge in [-0.1, -0.05) is 6.08 Å². The van der Waals surface area contributed by atoms with Crippen LogP contribution in [0.1, 0.15) is 17.8 Å². The van der Waals surface area contributed by atoms with Crippen molar-refractivity contribution in [2.24, 2.45) is 0 Å². The quantitative estimate of drug-likeness (QED) is 0.696. The van der Waals surface area contributed by atoms with Crippen LogP contribution in [-0.2, 0) is 0 Å². The van der Waals surface area contributed by atoms with Crippen molar-refractivity contribution < 1.29 is 0 Å². The molecular weight excluding hydrogens is 162 g/mol. The predicted octanol–water partition coefficient (Wildman–Crippen LogP) is 1.16. The molecule has 3 heteroatoms. The van der Waals surface area contributed by atoms with E-state index in [1.165, 1.54) is 5.57 Å². The van der Waals surface area contributed by atoms with Crippen molar-refractivity contribution in [1.29, 1.82) is 0 Å². The molecule has 1 N–H and O–H groups in total. The summed E-state index contributed by atoms with van der Waals surface area (Å²) in [6, 6.07) is 2.04. The Morgan fingerprint density at radius 3 is 3.00 bits per heavy atom. The highest BCUT2D eigenvalue weighted by Crippen LogP contribution is 2.16. The van der Waals surface area contributed by atoms with Gasteiger partial charge in [0.2, 0.25) is 0 Å². The third kappa shape index (κ3) is 1.92. The van der Waals surface area contributed by atoms with Gasteiger partial charge in [0.25, 0.3) is 0 Å². The fourth-order valence-corrected chi connectivity index (χ4v) is 1.49. The highest BCUT2D eigenvalue weighted by molar-refractivity contribution is 5.63. The van der Waals surface area contributed by atoms with Gasteiger partial charge in [0.05, 0.1) is 5.69 Å². The van der Waals surface area contributed by atoms with Crippen LogP contribution in [0.3, 0.4) is 0 Å². The fourth-order valence-electron chi connectivity index (χ4n) is 1.49. The number of rotatable bonds is 1. The summed E-state index contributed by atoms with van der Waals surface area (Å²) in [6.07, 6.45) is 4.90. The number of hydrogen-bond acceptors (Lipinski definition) is 3. The van der Waals surface area contributed by atoms with Gasteiger partial charge in [-0.2, -0.15) is 0 Å². The maximum atomic E-state index is 4.26. The Bertz CT molecular complexity index is 331. The maximum Gasteiger partial charge on any atom is 0.116 e. The molecule has 0 saturated heterocycles. The van der Waals surface area contributed by atoms with Crippen LogP contribution in [-0.4, -0.2) is 23.1 Å². The Labute approximate surface area is 77.9 Å². The van der Waals surface area contributed by atoms with Crippen LogP contribution in [0.5, 0.6) is 0 Å². The first-order valence-corrected chi connectivity index (χ1v) is 4.55. The van der Waals surface area contributed by atoms with Crippen LogP contribution < -0.4 is 5.32 Å². The number of nitrogens with one attached hydrogen (secondary N) is 1. The van der Waals surface area contributed by atoms with E-state index in [1.54, 1.807) is 6.33 Å². The first-order chi connectivity index (χ1) is 6.36. The van der Waals surface area contributed by atoms with E-state index in [0.717, 1.165) is 30.9 Å². The van der Waals surface area contributed by atoms with E-state index in [9.17, 15) is 0 Å².